The molecule has 1 amide bonds. The lowest BCUT2D eigenvalue weighted by Gasteiger charge is -2.21. The van der Waals surface area contributed by atoms with E-state index in [1.165, 1.54) is 15.9 Å². The Morgan fingerprint density at radius 3 is 2.34 bits per heavy atom. The molecule has 6 heteroatoms. The number of amides is 1. The molecule has 2 aromatic rings. The van der Waals surface area contributed by atoms with Crippen LogP contribution in [0.25, 0.3) is 0 Å². The summed E-state index contributed by atoms with van der Waals surface area (Å²) in [6.45, 7) is 8.98. The Labute approximate surface area is 174 Å². The minimum Gasteiger partial charge on any atom is -0.345 e. The molecule has 0 spiro atoms. The van der Waals surface area contributed by atoms with E-state index in [9.17, 15) is 13.2 Å². The Morgan fingerprint density at radius 2 is 1.72 bits per heavy atom. The van der Waals surface area contributed by atoms with Crippen LogP contribution in [0.15, 0.2) is 41.3 Å². The van der Waals surface area contributed by atoms with Crippen molar-refractivity contribution < 1.29 is 13.2 Å². The van der Waals surface area contributed by atoms with Crippen LogP contribution in [-0.2, 0) is 10.0 Å². The summed E-state index contributed by atoms with van der Waals surface area (Å²) in [5, 5.41) is 3.08. The molecule has 0 aliphatic carbocycles. The largest absolute Gasteiger partial charge is 0.345 e. The summed E-state index contributed by atoms with van der Waals surface area (Å²) in [5.41, 5.74) is 4.44. The van der Waals surface area contributed by atoms with Gasteiger partial charge in [0.15, 0.2) is 0 Å². The van der Waals surface area contributed by atoms with E-state index in [1.807, 2.05) is 26.8 Å². The molecule has 0 aromatic heterocycles. The number of benzene rings is 2. The number of nitrogens with zero attached hydrogens (tertiary/aromatic N) is 1. The summed E-state index contributed by atoms with van der Waals surface area (Å²) in [4.78, 5) is 13.2. The lowest BCUT2D eigenvalue weighted by molar-refractivity contribution is 0.0935. The molecule has 1 unspecified atom stereocenters. The van der Waals surface area contributed by atoms with Gasteiger partial charge in [-0.1, -0.05) is 36.8 Å². The second kappa shape index (κ2) is 8.67. The molecule has 1 aliphatic heterocycles. The molecule has 1 atom stereocenters. The van der Waals surface area contributed by atoms with Crippen LogP contribution in [0.4, 0.5) is 0 Å². The molecule has 0 radical (unpaired) electrons. The fourth-order valence-electron chi connectivity index (χ4n) is 3.94. The zero-order valence-electron chi connectivity index (χ0n) is 17.7. The molecule has 2 aromatic carbocycles. The summed E-state index contributed by atoms with van der Waals surface area (Å²) >= 11 is 0. The average molecular weight is 415 g/mol. The highest BCUT2D eigenvalue weighted by Gasteiger charge is 2.29. The summed E-state index contributed by atoms with van der Waals surface area (Å²) < 4.78 is 27.5. The third-order valence-corrected chi connectivity index (χ3v) is 7.69. The summed E-state index contributed by atoms with van der Waals surface area (Å²) in [6, 6.07) is 11.0. The van der Waals surface area contributed by atoms with Gasteiger partial charge in [-0.05, 0) is 68.9 Å². The molecule has 0 bridgehead atoms. The van der Waals surface area contributed by atoms with Crippen molar-refractivity contribution in [3.63, 3.8) is 0 Å². The third-order valence-electron chi connectivity index (χ3n) is 5.65. The molecular formula is C23H30N2O3S. The smallest absolute Gasteiger partial charge is 0.251 e. The molecule has 1 fully saturated rings. The van der Waals surface area contributed by atoms with Crippen molar-refractivity contribution in [2.24, 2.45) is 0 Å². The number of aryl methyl sites for hydroxylation is 3. The van der Waals surface area contributed by atoms with E-state index in [2.05, 4.69) is 17.4 Å². The first kappa shape index (κ1) is 21.5. The van der Waals surface area contributed by atoms with Gasteiger partial charge in [-0.15, -0.1) is 0 Å². The molecular weight excluding hydrogens is 384 g/mol. The van der Waals surface area contributed by atoms with Gasteiger partial charge in [0.2, 0.25) is 10.0 Å². The maximum atomic E-state index is 13.0. The van der Waals surface area contributed by atoms with Crippen LogP contribution in [0.1, 0.15) is 64.8 Å². The monoisotopic (exact) mass is 414 g/mol. The van der Waals surface area contributed by atoms with Crippen molar-refractivity contribution in [1.29, 1.82) is 0 Å². The van der Waals surface area contributed by atoms with Gasteiger partial charge in [0.25, 0.3) is 5.91 Å². The lowest BCUT2D eigenvalue weighted by atomic mass is 9.97. The molecule has 29 heavy (non-hydrogen) atoms. The van der Waals surface area contributed by atoms with Crippen LogP contribution in [0.3, 0.4) is 0 Å². The van der Waals surface area contributed by atoms with E-state index >= 15 is 0 Å². The maximum Gasteiger partial charge on any atom is 0.251 e. The predicted octanol–water partition coefficient (Wildman–Crippen LogP) is 4.28. The quantitative estimate of drug-likeness (QED) is 0.767. The first-order valence-corrected chi connectivity index (χ1v) is 11.7. The number of sulfonamides is 1. The molecule has 156 valence electrons. The highest BCUT2D eigenvalue weighted by atomic mass is 32.2. The summed E-state index contributed by atoms with van der Waals surface area (Å²) in [6.07, 6.45) is 2.51. The van der Waals surface area contributed by atoms with Gasteiger partial charge in [0.1, 0.15) is 0 Å². The topological polar surface area (TPSA) is 66.5 Å². The van der Waals surface area contributed by atoms with Crippen molar-refractivity contribution in [3.05, 3.63) is 64.2 Å². The molecule has 1 heterocycles. The number of carbonyl (C=O) groups is 1. The fraction of sp³-hybridized carbons (Fsp3) is 0.435. The number of carbonyl (C=O) groups excluding carboxylic acids is 1. The van der Waals surface area contributed by atoms with Crippen LogP contribution in [0, 0.1) is 20.8 Å². The van der Waals surface area contributed by atoms with Crippen LogP contribution in [0.5, 0.6) is 0 Å². The van der Waals surface area contributed by atoms with Gasteiger partial charge in [-0.3, -0.25) is 4.79 Å². The van der Waals surface area contributed by atoms with E-state index in [1.54, 1.807) is 19.1 Å². The SMILES string of the molecule is CCC(NC(=O)c1ccc(C)c(S(=O)(=O)N2CCCC2)c1)c1ccc(C)cc1C. The number of rotatable bonds is 6. The van der Waals surface area contributed by atoms with E-state index in [-0.39, 0.29) is 16.8 Å². The van der Waals surface area contributed by atoms with Crippen LogP contribution in [0.2, 0.25) is 0 Å². The van der Waals surface area contributed by atoms with Gasteiger partial charge in [-0.25, -0.2) is 8.42 Å². The van der Waals surface area contributed by atoms with E-state index in [0.29, 0.717) is 24.2 Å². The normalized spacial score (nSPS) is 16.0. The Balaban J connectivity index is 1.87. The summed E-state index contributed by atoms with van der Waals surface area (Å²) in [7, 11) is -3.57. The minimum absolute atomic E-state index is 0.122. The van der Waals surface area contributed by atoms with Crippen LogP contribution >= 0.6 is 0 Å². The number of hydrogen-bond donors (Lipinski definition) is 1. The first-order valence-electron chi connectivity index (χ1n) is 10.2. The zero-order chi connectivity index (χ0) is 21.2. The molecule has 1 N–H and O–H groups in total. The Bertz CT molecular complexity index is 1010. The van der Waals surface area contributed by atoms with Crippen molar-refractivity contribution in [3.8, 4) is 0 Å². The van der Waals surface area contributed by atoms with Crippen molar-refractivity contribution in [2.45, 2.75) is 57.9 Å². The average Bonchev–Trinajstić information content (AvgIpc) is 3.22. The second-order valence-corrected chi connectivity index (χ2v) is 9.79. The lowest BCUT2D eigenvalue weighted by Crippen LogP contribution is -2.30. The number of nitrogens with one attached hydrogen (secondary N) is 1. The van der Waals surface area contributed by atoms with Crippen LogP contribution < -0.4 is 5.32 Å². The van der Waals surface area contributed by atoms with Crippen LogP contribution in [-0.4, -0.2) is 31.7 Å². The highest BCUT2D eigenvalue weighted by Crippen LogP contribution is 2.26. The first-order chi connectivity index (χ1) is 13.7. The van der Waals surface area contributed by atoms with Gasteiger partial charge >= 0.3 is 0 Å². The van der Waals surface area contributed by atoms with Gasteiger partial charge < -0.3 is 5.32 Å². The van der Waals surface area contributed by atoms with Crippen molar-refractivity contribution in [1.82, 2.24) is 9.62 Å². The van der Waals surface area contributed by atoms with Gasteiger partial charge in [-0.2, -0.15) is 4.31 Å². The van der Waals surface area contributed by atoms with E-state index < -0.39 is 10.0 Å². The molecule has 1 saturated heterocycles. The Hall–Kier alpha value is -2.18. The Morgan fingerprint density at radius 1 is 1.03 bits per heavy atom. The minimum atomic E-state index is -3.57. The molecule has 0 saturated carbocycles. The van der Waals surface area contributed by atoms with Crippen molar-refractivity contribution >= 4 is 15.9 Å². The zero-order valence-corrected chi connectivity index (χ0v) is 18.5. The fourth-order valence-corrected chi connectivity index (χ4v) is 5.71. The summed E-state index contributed by atoms with van der Waals surface area (Å²) in [5.74, 6) is -0.255. The predicted molar refractivity (Wildman–Crippen MR) is 116 cm³/mol. The van der Waals surface area contributed by atoms with E-state index in [4.69, 9.17) is 0 Å². The standard InChI is InChI=1S/C23H30N2O3S/c1-5-21(20-11-8-16(2)14-18(20)4)24-23(26)19-10-9-17(3)22(15-19)29(27,28)25-12-6-7-13-25/h8-11,14-15,21H,5-7,12-13H2,1-4H3,(H,24,26). The molecule has 3 rings (SSSR count). The Kier molecular flexibility index (Phi) is 6.44. The van der Waals surface area contributed by atoms with E-state index in [0.717, 1.165) is 30.4 Å². The second-order valence-electron chi connectivity index (χ2n) is 7.89. The van der Waals surface area contributed by atoms with Crippen molar-refractivity contribution in [2.75, 3.05) is 13.1 Å². The van der Waals surface area contributed by atoms with Gasteiger partial charge in [0, 0.05) is 18.7 Å². The highest BCUT2D eigenvalue weighted by molar-refractivity contribution is 7.89. The third kappa shape index (κ3) is 4.54. The molecule has 1 aliphatic rings. The van der Waals surface area contributed by atoms with Gasteiger partial charge in [0.05, 0.1) is 10.9 Å². The molecule has 5 nitrogen and oxygen atoms in total. The maximum absolute atomic E-state index is 13.0. The number of hydrogen-bond acceptors (Lipinski definition) is 3.